The molecule has 0 amide bonds. The molecule has 0 aliphatic heterocycles. The Bertz CT molecular complexity index is 770. The van der Waals surface area contributed by atoms with E-state index in [0.29, 0.717) is 0 Å². The van der Waals surface area contributed by atoms with Crippen LogP contribution in [0.1, 0.15) is 11.8 Å². The molecule has 0 unspecified atom stereocenters. The van der Waals surface area contributed by atoms with Crippen LogP contribution in [0.15, 0.2) is 54.6 Å². The summed E-state index contributed by atoms with van der Waals surface area (Å²) in [5.41, 5.74) is 1.97. The standard InChI is InChI=1S/C15H12F2O5S.Na.H/c16-15(17)23(19,20)22-10-21-14(18)13-8-6-12(7-9-13)11-4-2-1-3-5-11;;/h1-9,15H,10H2;;/q;+1;-1. The summed E-state index contributed by atoms with van der Waals surface area (Å²) in [5.74, 6) is -4.57. The topological polar surface area (TPSA) is 69.7 Å². The predicted octanol–water partition coefficient (Wildman–Crippen LogP) is 0.153. The molecule has 2 aromatic carbocycles. The number of halogens is 2. The fourth-order valence-corrected chi connectivity index (χ4v) is 1.99. The van der Waals surface area contributed by atoms with Crippen molar-refractivity contribution in [3.63, 3.8) is 0 Å². The minimum absolute atomic E-state index is 0. The third-order valence-corrected chi connectivity index (χ3v) is 3.71. The van der Waals surface area contributed by atoms with Gasteiger partial charge in [0.2, 0.25) is 6.79 Å². The van der Waals surface area contributed by atoms with E-state index in [0.717, 1.165) is 11.1 Å². The maximum Gasteiger partial charge on any atom is 1.00 e. The van der Waals surface area contributed by atoms with Gasteiger partial charge in [-0.15, -0.1) is 0 Å². The molecule has 0 aliphatic carbocycles. The summed E-state index contributed by atoms with van der Waals surface area (Å²) in [6.07, 6.45) is 0. The van der Waals surface area contributed by atoms with Gasteiger partial charge in [-0.1, -0.05) is 42.5 Å². The van der Waals surface area contributed by atoms with E-state index < -0.39 is 28.6 Å². The summed E-state index contributed by atoms with van der Waals surface area (Å²) in [6, 6.07) is 15.7. The third-order valence-electron chi connectivity index (χ3n) is 2.85. The van der Waals surface area contributed by atoms with Gasteiger partial charge in [0, 0.05) is 0 Å². The predicted molar refractivity (Wildman–Crippen MR) is 79.3 cm³/mol. The fraction of sp³-hybridized carbons (Fsp3) is 0.133. The van der Waals surface area contributed by atoms with E-state index in [1.54, 1.807) is 12.1 Å². The van der Waals surface area contributed by atoms with Crippen LogP contribution in [-0.2, 0) is 19.0 Å². The minimum Gasteiger partial charge on any atom is -1.00 e. The second kappa shape index (κ2) is 9.24. The Morgan fingerprint density at radius 3 is 2.08 bits per heavy atom. The van der Waals surface area contributed by atoms with Crippen LogP contribution in [0, 0.1) is 0 Å². The van der Waals surface area contributed by atoms with E-state index in [2.05, 4.69) is 8.92 Å². The largest absolute Gasteiger partial charge is 1.00 e. The summed E-state index contributed by atoms with van der Waals surface area (Å²) in [4.78, 5) is 11.7. The van der Waals surface area contributed by atoms with Gasteiger partial charge in [0.25, 0.3) is 0 Å². The maximum atomic E-state index is 12.0. The molecule has 0 spiro atoms. The summed E-state index contributed by atoms with van der Waals surface area (Å²) in [6.45, 7) is -1.11. The fourth-order valence-electron chi connectivity index (χ4n) is 1.71. The average molecular weight is 366 g/mol. The smallest absolute Gasteiger partial charge is 1.00 e. The van der Waals surface area contributed by atoms with Crippen molar-refractivity contribution in [2.24, 2.45) is 0 Å². The van der Waals surface area contributed by atoms with Crippen LogP contribution < -0.4 is 29.6 Å². The quantitative estimate of drug-likeness (QED) is 0.315. The van der Waals surface area contributed by atoms with Crippen LogP contribution in [0.25, 0.3) is 11.1 Å². The monoisotopic (exact) mass is 366 g/mol. The first-order chi connectivity index (χ1) is 10.9. The molecular weight excluding hydrogens is 353 g/mol. The first kappa shape index (κ1) is 20.7. The van der Waals surface area contributed by atoms with Gasteiger partial charge in [-0.2, -0.15) is 17.2 Å². The number of alkyl halides is 2. The summed E-state index contributed by atoms with van der Waals surface area (Å²) >= 11 is 0. The van der Waals surface area contributed by atoms with Crippen LogP contribution in [0.4, 0.5) is 8.78 Å². The number of carbonyl (C=O) groups is 1. The molecule has 0 aromatic heterocycles. The molecule has 0 saturated heterocycles. The van der Waals surface area contributed by atoms with Crippen molar-refractivity contribution in [1.29, 1.82) is 0 Å². The Balaban J connectivity index is 0.00000288. The molecule has 5 nitrogen and oxygen atoms in total. The molecule has 9 heteroatoms. The van der Waals surface area contributed by atoms with E-state index in [1.165, 1.54) is 12.1 Å². The van der Waals surface area contributed by atoms with Gasteiger partial charge >= 0.3 is 51.4 Å². The van der Waals surface area contributed by atoms with Crippen LogP contribution in [0.2, 0.25) is 0 Å². The van der Waals surface area contributed by atoms with Gasteiger partial charge in [0.05, 0.1) is 5.56 Å². The van der Waals surface area contributed by atoms with Gasteiger partial charge in [0.15, 0.2) is 0 Å². The van der Waals surface area contributed by atoms with Crippen molar-refractivity contribution in [2.75, 3.05) is 6.79 Å². The molecule has 124 valence electrons. The maximum absolute atomic E-state index is 12.0. The number of hydrogen-bond donors (Lipinski definition) is 0. The first-order valence-corrected chi connectivity index (χ1v) is 7.86. The summed E-state index contributed by atoms with van der Waals surface area (Å²) < 4.78 is 53.7. The summed E-state index contributed by atoms with van der Waals surface area (Å²) in [7, 11) is -5.03. The third kappa shape index (κ3) is 5.64. The van der Waals surface area contributed by atoms with Crippen LogP contribution in [0.5, 0.6) is 0 Å². The zero-order valence-electron chi connectivity index (χ0n) is 13.7. The molecule has 0 saturated carbocycles. The Kier molecular flexibility index (Phi) is 7.98. The van der Waals surface area contributed by atoms with Crippen molar-refractivity contribution >= 4 is 16.1 Å². The Labute approximate surface area is 161 Å². The number of esters is 1. The number of carbonyl (C=O) groups excluding carboxylic acids is 1. The second-order valence-corrected chi connectivity index (χ2v) is 5.94. The van der Waals surface area contributed by atoms with Crippen molar-refractivity contribution in [2.45, 2.75) is 5.76 Å². The number of benzene rings is 2. The van der Waals surface area contributed by atoms with Gasteiger partial charge in [-0.25, -0.2) is 8.98 Å². The molecule has 2 aromatic rings. The second-order valence-electron chi connectivity index (χ2n) is 4.36. The zero-order valence-corrected chi connectivity index (χ0v) is 15.5. The van der Waals surface area contributed by atoms with Crippen molar-refractivity contribution in [3.05, 3.63) is 60.2 Å². The SMILES string of the molecule is O=C(OCOS(=O)(=O)C(F)F)c1ccc(-c2ccccc2)cc1.[H-].[Na+]. The van der Waals surface area contributed by atoms with E-state index in [4.69, 9.17) is 0 Å². The molecule has 0 aliphatic rings. The Hall–Kier alpha value is -1.32. The molecule has 0 heterocycles. The van der Waals surface area contributed by atoms with E-state index in [1.807, 2.05) is 30.3 Å². The first-order valence-electron chi connectivity index (χ1n) is 6.39. The average Bonchev–Trinajstić information content (AvgIpc) is 2.55. The molecule has 0 fully saturated rings. The number of hydrogen-bond acceptors (Lipinski definition) is 5. The van der Waals surface area contributed by atoms with E-state index in [-0.39, 0.29) is 36.5 Å². The van der Waals surface area contributed by atoms with Gasteiger partial charge in [-0.3, -0.25) is 0 Å². The Morgan fingerprint density at radius 2 is 1.54 bits per heavy atom. The molecule has 0 atom stereocenters. The van der Waals surface area contributed by atoms with Crippen LogP contribution in [0.3, 0.4) is 0 Å². The minimum atomic E-state index is -5.03. The normalized spacial score (nSPS) is 11.0. The molecule has 0 radical (unpaired) electrons. The summed E-state index contributed by atoms with van der Waals surface area (Å²) in [5, 5.41) is 0. The molecular formula is C15H13F2NaO5S. The van der Waals surface area contributed by atoms with Crippen molar-refractivity contribution in [3.8, 4) is 11.1 Å². The van der Waals surface area contributed by atoms with Crippen molar-refractivity contribution < 1.29 is 61.9 Å². The van der Waals surface area contributed by atoms with Gasteiger partial charge in [-0.05, 0) is 23.3 Å². The number of rotatable bonds is 6. The van der Waals surface area contributed by atoms with Gasteiger partial charge < -0.3 is 6.16 Å². The zero-order chi connectivity index (χ0) is 16.9. The molecule has 0 bridgehead atoms. The molecule has 24 heavy (non-hydrogen) atoms. The molecule has 0 N–H and O–H groups in total. The molecule has 2 rings (SSSR count). The number of ether oxygens (including phenoxy) is 1. The van der Waals surface area contributed by atoms with E-state index >= 15 is 0 Å². The van der Waals surface area contributed by atoms with E-state index in [9.17, 15) is 22.0 Å². The van der Waals surface area contributed by atoms with Crippen LogP contribution >= 0.6 is 0 Å². The van der Waals surface area contributed by atoms with Crippen molar-refractivity contribution in [1.82, 2.24) is 0 Å². The van der Waals surface area contributed by atoms with Crippen LogP contribution in [-0.4, -0.2) is 26.9 Å². The van der Waals surface area contributed by atoms with Gasteiger partial charge in [0.1, 0.15) is 0 Å². The Morgan fingerprint density at radius 1 is 1.00 bits per heavy atom.